The molecule has 2 rings (SSSR count). The van der Waals surface area contributed by atoms with E-state index in [0.29, 0.717) is 18.4 Å². The predicted molar refractivity (Wildman–Crippen MR) is 70.5 cm³/mol. The first-order valence-corrected chi connectivity index (χ1v) is 6.88. The van der Waals surface area contributed by atoms with Gasteiger partial charge in [0.1, 0.15) is 5.69 Å². The molecule has 1 aliphatic rings. The maximum atomic E-state index is 12.9. The molecule has 0 saturated heterocycles. The van der Waals surface area contributed by atoms with Crippen LogP contribution in [0, 0.1) is 5.92 Å². The van der Waals surface area contributed by atoms with E-state index in [1.165, 1.54) is 6.07 Å². The molecule has 1 N–H and O–H groups in total. The zero-order valence-corrected chi connectivity index (χ0v) is 11.4. The van der Waals surface area contributed by atoms with E-state index in [2.05, 4.69) is 5.32 Å². The lowest BCUT2D eigenvalue weighted by Gasteiger charge is -2.21. The maximum Gasteiger partial charge on any atom is 0.431 e. The summed E-state index contributed by atoms with van der Waals surface area (Å²) in [5.41, 5.74) is -1.44. The van der Waals surface area contributed by atoms with Crippen LogP contribution in [0.15, 0.2) is 23.0 Å². The SMILES string of the molecule is CNC1CCCC1CCn1c(C(F)(F)F)cccc1=O. The van der Waals surface area contributed by atoms with Crippen molar-refractivity contribution in [2.24, 2.45) is 5.92 Å². The van der Waals surface area contributed by atoms with E-state index in [0.717, 1.165) is 36.0 Å². The molecule has 1 aromatic heterocycles. The molecule has 20 heavy (non-hydrogen) atoms. The van der Waals surface area contributed by atoms with Gasteiger partial charge in [0, 0.05) is 18.7 Å². The molecular formula is C14H19F3N2O. The van der Waals surface area contributed by atoms with Crippen molar-refractivity contribution in [2.45, 2.75) is 44.4 Å². The smallest absolute Gasteiger partial charge is 0.317 e. The third-order valence-electron chi connectivity index (χ3n) is 4.09. The molecule has 0 bridgehead atoms. The summed E-state index contributed by atoms with van der Waals surface area (Å²) in [7, 11) is 1.87. The molecular weight excluding hydrogens is 269 g/mol. The van der Waals surface area contributed by atoms with Crippen molar-refractivity contribution >= 4 is 0 Å². The van der Waals surface area contributed by atoms with Gasteiger partial charge in [0.2, 0.25) is 0 Å². The molecule has 2 atom stereocenters. The van der Waals surface area contributed by atoms with E-state index in [4.69, 9.17) is 0 Å². The Bertz CT molecular complexity index is 510. The van der Waals surface area contributed by atoms with Crippen LogP contribution in [0.5, 0.6) is 0 Å². The van der Waals surface area contributed by atoms with Gasteiger partial charge in [-0.3, -0.25) is 4.79 Å². The monoisotopic (exact) mass is 288 g/mol. The quantitative estimate of drug-likeness (QED) is 0.924. The molecule has 1 fully saturated rings. The fourth-order valence-corrected chi connectivity index (χ4v) is 3.06. The molecule has 112 valence electrons. The first-order valence-electron chi connectivity index (χ1n) is 6.88. The molecule has 1 aromatic rings. The second-order valence-electron chi connectivity index (χ2n) is 5.27. The number of alkyl halides is 3. The van der Waals surface area contributed by atoms with Crippen molar-refractivity contribution in [2.75, 3.05) is 7.05 Å². The van der Waals surface area contributed by atoms with E-state index in [1.54, 1.807) is 0 Å². The first-order chi connectivity index (χ1) is 9.43. The highest BCUT2D eigenvalue weighted by Gasteiger charge is 2.34. The van der Waals surface area contributed by atoms with E-state index in [-0.39, 0.29) is 6.54 Å². The number of aromatic nitrogens is 1. The number of hydrogen-bond acceptors (Lipinski definition) is 2. The lowest BCUT2D eigenvalue weighted by atomic mass is 9.99. The third kappa shape index (κ3) is 3.23. The van der Waals surface area contributed by atoms with Crippen molar-refractivity contribution in [3.63, 3.8) is 0 Å². The summed E-state index contributed by atoms with van der Waals surface area (Å²) < 4.78 is 39.6. The average molecular weight is 288 g/mol. The topological polar surface area (TPSA) is 34.0 Å². The summed E-state index contributed by atoms with van der Waals surface area (Å²) in [5, 5.41) is 3.20. The van der Waals surface area contributed by atoms with E-state index in [1.807, 2.05) is 7.05 Å². The highest BCUT2D eigenvalue weighted by Crippen LogP contribution is 2.31. The van der Waals surface area contributed by atoms with Crippen LogP contribution < -0.4 is 10.9 Å². The minimum atomic E-state index is -4.49. The first kappa shape index (κ1) is 15.1. The Labute approximate surface area is 115 Å². The zero-order valence-electron chi connectivity index (χ0n) is 11.4. The molecule has 0 aliphatic heterocycles. The van der Waals surface area contributed by atoms with E-state index >= 15 is 0 Å². The standard InChI is InChI=1S/C14H19F3N2O/c1-18-11-5-2-4-10(11)8-9-19-12(14(15,16)17)6-3-7-13(19)20/h3,6-7,10-11,18H,2,4-5,8-9H2,1H3. The predicted octanol–water partition coefficient (Wildman–Crippen LogP) is 2.65. The number of pyridine rings is 1. The van der Waals surface area contributed by atoms with Crippen molar-refractivity contribution in [1.82, 2.24) is 9.88 Å². The summed E-state index contributed by atoms with van der Waals surface area (Å²) in [6, 6.07) is 3.65. The van der Waals surface area contributed by atoms with Gasteiger partial charge in [0.15, 0.2) is 0 Å². The number of hydrogen-bond donors (Lipinski definition) is 1. The molecule has 2 unspecified atom stereocenters. The molecule has 1 aliphatic carbocycles. The van der Waals surface area contributed by atoms with Crippen molar-refractivity contribution in [1.29, 1.82) is 0 Å². The minimum absolute atomic E-state index is 0.122. The van der Waals surface area contributed by atoms with Crippen LogP contribution in [0.1, 0.15) is 31.4 Å². The summed E-state index contributed by atoms with van der Waals surface area (Å²) >= 11 is 0. The third-order valence-corrected chi connectivity index (χ3v) is 4.09. The molecule has 1 heterocycles. The Morgan fingerprint density at radius 3 is 2.75 bits per heavy atom. The summed E-state index contributed by atoms with van der Waals surface area (Å²) in [6.45, 7) is 0.122. The molecule has 0 spiro atoms. The molecule has 0 aromatic carbocycles. The van der Waals surface area contributed by atoms with Gasteiger partial charge in [-0.15, -0.1) is 0 Å². The van der Waals surface area contributed by atoms with Gasteiger partial charge in [-0.2, -0.15) is 13.2 Å². The van der Waals surface area contributed by atoms with Crippen LogP contribution in [0.3, 0.4) is 0 Å². The molecule has 1 saturated carbocycles. The highest BCUT2D eigenvalue weighted by atomic mass is 19.4. The Kier molecular flexibility index (Phi) is 4.52. The second kappa shape index (κ2) is 5.99. The Balaban J connectivity index is 2.15. The molecule has 0 radical (unpaired) electrons. The lowest BCUT2D eigenvalue weighted by Crippen LogP contribution is -2.32. The van der Waals surface area contributed by atoms with Crippen LogP contribution >= 0.6 is 0 Å². The number of nitrogens with one attached hydrogen (secondary N) is 1. The van der Waals surface area contributed by atoms with Crippen LogP contribution in [-0.2, 0) is 12.7 Å². The Morgan fingerprint density at radius 2 is 2.10 bits per heavy atom. The van der Waals surface area contributed by atoms with Crippen LogP contribution in [0.2, 0.25) is 0 Å². The van der Waals surface area contributed by atoms with E-state index < -0.39 is 17.4 Å². The van der Waals surface area contributed by atoms with E-state index in [9.17, 15) is 18.0 Å². The van der Waals surface area contributed by atoms with Gasteiger partial charge in [-0.1, -0.05) is 12.5 Å². The fourth-order valence-electron chi connectivity index (χ4n) is 3.06. The number of nitrogens with zero attached hydrogens (tertiary/aromatic N) is 1. The summed E-state index contributed by atoms with van der Waals surface area (Å²) in [4.78, 5) is 11.7. The number of rotatable bonds is 4. The highest BCUT2D eigenvalue weighted by molar-refractivity contribution is 5.10. The number of halogens is 3. The van der Waals surface area contributed by atoms with Crippen molar-refractivity contribution < 1.29 is 13.2 Å². The second-order valence-corrected chi connectivity index (χ2v) is 5.27. The summed E-state index contributed by atoms with van der Waals surface area (Å²) in [6.07, 6.45) is -0.742. The average Bonchev–Trinajstić information content (AvgIpc) is 2.83. The van der Waals surface area contributed by atoms with Crippen LogP contribution in [0.4, 0.5) is 13.2 Å². The van der Waals surface area contributed by atoms with Gasteiger partial charge in [0.05, 0.1) is 0 Å². The van der Waals surface area contributed by atoms with Gasteiger partial charge in [-0.25, -0.2) is 0 Å². The van der Waals surface area contributed by atoms with Gasteiger partial charge >= 0.3 is 6.18 Å². The van der Waals surface area contributed by atoms with Crippen molar-refractivity contribution in [3.05, 3.63) is 34.2 Å². The molecule has 0 amide bonds. The maximum absolute atomic E-state index is 12.9. The normalized spacial score (nSPS) is 23.2. The van der Waals surface area contributed by atoms with Gasteiger partial charge in [0.25, 0.3) is 5.56 Å². The van der Waals surface area contributed by atoms with Crippen LogP contribution in [-0.4, -0.2) is 17.7 Å². The van der Waals surface area contributed by atoms with Gasteiger partial charge in [-0.05, 0) is 38.3 Å². The molecule has 6 heteroatoms. The fraction of sp³-hybridized carbons (Fsp3) is 0.643. The van der Waals surface area contributed by atoms with Crippen LogP contribution in [0.25, 0.3) is 0 Å². The Morgan fingerprint density at radius 1 is 1.35 bits per heavy atom. The lowest BCUT2D eigenvalue weighted by molar-refractivity contribution is -0.144. The Hall–Kier alpha value is -1.30. The zero-order chi connectivity index (χ0) is 14.8. The minimum Gasteiger partial charge on any atom is -0.317 e. The summed E-state index contributed by atoms with van der Waals surface area (Å²) in [5.74, 6) is 0.341. The van der Waals surface area contributed by atoms with Gasteiger partial charge < -0.3 is 9.88 Å². The molecule has 3 nitrogen and oxygen atoms in total. The largest absolute Gasteiger partial charge is 0.431 e. The van der Waals surface area contributed by atoms with Crippen molar-refractivity contribution in [3.8, 4) is 0 Å².